The molecule has 0 bridgehead atoms. The molecule has 4 aromatic rings. The number of ether oxygens (including phenoxy) is 1. The minimum absolute atomic E-state index is 0.119. The van der Waals surface area contributed by atoms with E-state index in [1.165, 1.54) is 6.07 Å². The highest BCUT2D eigenvalue weighted by Gasteiger charge is 2.32. The molecule has 1 atom stereocenters. The maximum Gasteiger partial charge on any atom is 0.201 e. The molecule has 37 heavy (non-hydrogen) atoms. The molecule has 5 rings (SSSR count). The lowest BCUT2D eigenvalue weighted by Crippen LogP contribution is -2.20. The van der Waals surface area contributed by atoms with Gasteiger partial charge in [-0.05, 0) is 49.6 Å². The first-order valence-electron chi connectivity index (χ1n) is 12.7. The van der Waals surface area contributed by atoms with Crippen LogP contribution in [0.1, 0.15) is 55.9 Å². The van der Waals surface area contributed by atoms with E-state index >= 15 is 4.39 Å². The quantitative estimate of drug-likeness (QED) is 0.355. The van der Waals surface area contributed by atoms with E-state index in [4.69, 9.17) is 4.74 Å². The number of rotatable bonds is 8. The average Bonchev–Trinajstić information content (AvgIpc) is 3.56. The van der Waals surface area contributed by atoms with Crippen molar-refractivity contribution in [3.8, 4) is 16.9 Å². The van der Waals surface area contributed by atoms with Crippen molar-refractivity contribution in [2.45, 2.75) is 59.2 Å². The van der Waals surface area contributed by atoms with Crippen molar-refractivity contribution >= 4 is 5.65 Å². The number of hydrogen-bond donors (Lipinski definition) is 2. The number of pyridine rings is 1. The Kier molecular flexibility index (Phi) is 6.76. The Morgan fingerprint density at radius 3 is 2.76 bits per heavy atom. The van der Waals surface area contributed by atoms with Gasteiger partial charge >= 0.3 is 0 Å². The number of nitrogens with zero attached hydrogens (tertiary/aromatic N) is 4. The molecule has 0 saturated heterocycles. The number of aromatic nitrogens is 4. The fourth-order valence-electron chi connectivity index (χ4n) is 4.98. The molecule has 0 saturated carbocycles. The van der Waals surface area contributed by atoms with E-state index in [9.17, 15) is 9.50 Å². The van der Waals surface area contributed by atoms with Gasteiger partial charge in [0.1, 0.15) is 11.8 Å². The molecule has 0 aliphatic carbocycles. The molecular weight excluding hydrogens is 476 g/mol. The van der Waals surface area contributed by atoms with Crippen LogP contribution in [-0.2, 0) is 25.9 Å². The summed E-state index contributed by atoms with van der Waals surface area (Å²) in [7, 11) is 1.85. The van der Waals surface area contributed by atoms with E-state index in [0.29, 0.717) is 29.8 Å². The van der Waals surface area contributed by atoms with Crippen LogP contribution in [0.2, 0.25) is 0 Å². The van der Waals surface area contributed by atoms with Gasteiger partial charge in [0.05, 0.1) is 24.2 Å². The van der Waals surface area contributed by atoms with Crippen LogP contribution in [0.15, 0.2) is 36.7 Å². The van der Waals surface area contributed by atoms with E-state index in [-0.39, 0.29) is 17.8 Å². The Bertz CT molecular complexity index is 1440. The van der Waals surface area contributed by atoms with Gasteiger partial charge < -0.3 is 19.6 Å². The third-order valence-corrected chi connectivity index (χ3v) is 6.96. The Labute approximate surface area is 215 Å². The van der Waals surface area contributed by atoms with Gasteiger partial charge in [-0.2, -0.15) is 9.49 Å². The van der Waals surface area contributed by atoms with Gasteiger partial charge in [0, 0.05) is 48.1 Å². The van der Waals surface area contributed by atoms with Crippen molar-refractivity contribution in [3.05, 3.63) is 70.9 Å². The number of aryl methyl sites for hydroxylation is 1. The summed E-state index contributed by atoms with van der Waals surface area (Å²) in [5.41, 5.74) is 5.15. The third-order valence-electron chi connectivity index (χ3n) is 6.96. The zero-order valence-corrected chi connectivity index (χ0v) is 21.7. The SMILES string of the molecule is CNCc1cnc2ccc(-c3ccc(F)c(F)c3OCCc3c(C(O)C(C)(C)C)nn4c3CCC4)cn12. The molecule has 196 valence electrons. The summed E-state index contributed by atoms with van der Waals surface area (Å²) in [6.07, 6.45) is 5.20. The first-order valence-corrected chi connectivity index (χ1v) is 12.7. The maximum atomic E-state index is 15.1. The number of aliphatic hydroxyl groups is 1. The average molecular weight is 510 g/mol. The van der Waals surface area contributed by atoms with Crippen LogP contribution < -0.4 is 10.1 Å². The van der Waals surface area contributed by atoms with Crippen LogP contribution in [0.4, 0.5) is 8.78 Å². The smallest absolute Gasteiger partial charge is 0.201 e. The predicted molar refractivity (Wildman–Crippen MR) is 137 cm³/mol. The maximum absolute atomic E-state index is 15.1. The summed E-state index contributed by atoms with van der Waals surface area (Å²) >= 11 is 0. The minimum Gasteiger partial charge on any atom is -0.489 e. The Morgan fingerprint density at radius 1 is 1.19 bits per heavy atom. The second-order valence-corrected chi connectivity index (χ2v) is 10.7. The van der Waals surface area contributed by atoms with Crippen LogP contribution in [0.3, 0.4) is 0 Å². The largest absolute Gasteiger partial charge is 0.489 e. The van der Waals surface area contributed by atoms with Crippen LogP contribution in [0.5, 0.6) is 5.75 Å². The molecule has 1 aliphatic rings. The highest BCUT2D eigenvalue weighted by atomic mass is 19.2. The molecule has 0 spiro atoms. The fourth-order valence-corrected chi connectivity index (χ4v) is 4.98. The summed E-state index contributed by atoms with van der Waals surface area (Å²) in [4.78, 5) is 4.40. The van der Waals surface area contributed by atoms with E-state index in [1.807, 2.05) is 55.2 Å². The highest BCUT2D eigenvalue weighted by molar-refractivity contribution is 5.71. The fraction of sp³-hybridized carbons (Fsp3) is 0.429. The van der Waals surface area contributed by atoms with Crippen molar-refractivity contribution in [2.75, 3.05) is 13.7 Å². The minimum atomic E-state index is -1.02. The zero-order valence-electron chi connectivity index (χ0n) is 21.7. The topological polar surface area (TPSA) is 76.6 Å². The molecule has 0 fully saturated rings. The number of aliphatic hydroxyl groups excluding tert-OH is 1. The van der Waals surface area contributed by atoms with Gasteiger partial charge in [-0.3, -0.25) is 4.68 Å². The van der Waals surface area contributed by atoms with Gasteiger partial charge in [-0.25, -0.2) is 9.37 Å². The highest BCUT2D eigenvalue weighted by Crippen LogP contribution is 2.37. The first-order chi connectivity index (χ1) is 17.7. The summed E-state index contributed by atoms with van der Waals surface area (Å²) in [6, 6.07) is 6.33. The van der Waals surface area contributed by atoms with Crippen molar-refractivity contribution in [2.24, 2.45) is 5.41 Å². The Balaban J connectivity index is 1.45. The molecule has 9 heteroatoms. The molecule has 0 radical (unpaired) electrons. The first kappa shape index (κ1) is 25.4. The lowest BCUT2D eigenvalue weighted by molar-refractivity contribution is 0.0574. The second-order valence-electron chi connectivity index (χ2n) is 10.7. The van der Waals surface area contributed by atoms with E-state index in [0.717, 1.165) is 48.1 Å². The molecule has 1 aromatic carbocycles. The van der Waals surface area contributed by atoms with Crippen molar-refractivity contribution in [1.82, 2.24) is 24.5 Å². The molecule has 1 unspecified atom stereocenters. The molecule has 3 aromatic heterocycles. The molecular formula is C28H33F2N5O2. The van der Waals surface area contributed by atoms with Crippen LogP contribution in [-0.4, -0.2) is 37.9 Å². The normalized spacial score (nSPS) is 14.4. The van der Waals surface area contributed by atoms with E-state index < -0.39 is 17.7 Å². The number of fused-ring (bicyclic) bond motifs is 2. The number of nitrogens with one attached hydrogen (secondary N) is 1. The van der Waals surface area contributed by atoms with Crippen LogP contribution in [0, 0.1) is 17.0 Å². The molecule has 2 N–H and O–H groups in total. The number of halogens is 2. The number of benzene rings is 1. The van der Waals surface area contributed by atoms with E-state index in [2.05, 4.69) is 15.4 Å². The summed E-state index contributed by atoms with van der Waals surface area (Å²) in [5.74, 6) is -2.11. The molecule has 0 amide bonds. The summed E-state index contributed by atoms with van der Waals surface area (Å²) in [5, 5.41) is 18.8. The van der Waals surface area contributed by atoms with Crippen molar-refractivity contribution in [1.29, 1.82) is 0 Å². The van der Waals surface area contributed by atoms with Gasteiger partial charge in [-0.1, -0.05) is 20.8 Å². The zero-order chi connectivity index (χ0) is 26.3. The summed E-state index contributed by atoms with van der Waals surface area (Å²) < 4.78 is 39.2. The molecule has 1 aliphatic heterocycles. The lowest BCUT2D eigenvalue weighted by atomic mass is 9.85. The Morgan fingerprint density at radius 2 is 2.00 bits per heavy atom. The molecule has 7 nitrogen and oxygen atoms in total. The molecule has 4 heterocycles. The number of imidazole rings is 1. The monoisotopic (exact) mass is 509 g/mol. The van der Waals surface area contributed by atoms with Gasteiger partial charge in [0.25, 0.3) is 0 Å². The predicted octanol–water partition coefficient (Wildman–Crippen LogP) is 4.84. The van der Waals surface area contributed by atoms with Crippen molar-refractivity contribution in [3.63, 3.8) is 0 Å². The van der Waals surface area contributed by atoms with E-state index in [1.54, 1.807) is 6.20 Å². The number of hydrogen-bond acceptors (Lipinski definition) is 5. The van der Waals surface area contributed by atoms with Crippen molar-refractivity contribution < 1.29 is 18.6 Å². The Hall–Kier alpha value is -3.30. The van der Waals surface area contributed by atoms with Gasteiger partial charge in [0.15, 0.2) is 11.6 Å². The lowest BCUT2D eigenvalue weighted by Gasteiger charge is -2.25. The summed E-state index contributed by atoms with van der Waals surface area (Å²) in [6.45, 7) is 7.45. The third kappa shape index (κ3) is 4.73. The van der Waals surface area contributed by atoms with Gasteiger partial charge in [-0.15, -0.1) is 0 Å². The second kappa shape index (κ2) is 9.87. The van der Waals surface area contributed by atoms with Crippen LogP contribution in [0.25, 0.3) is 16.8 Å². The van der Waals surface area contributed by atoms with Gasteiger partial charge in [0.2, 0.25) is 5.82 Å². The standard InChI is InChI=1S/C28H33F2N5O2/c1-28(2,3)27(36)25-20(22-6-5-12-35(22)33-25)11-13-37-26-19(8-9-21(29)24(26)30)17-7-10-23-32-15-18(14-31-4)34(23)16-17/h7-10,15-16,27,31,36H,5-6,11-14H2,1-4H3. The van der Waals surface area contributed by atoms with Crippen LogP contribution >= 0.6 is 0 Å².